The van der Waals surface area contributed by atoms with E-state index in [-0.39, 0.29) is 11.9 Å². The van der Waals surface area contributed by atoms with E-state index < -0.39 is 0 Å². The number of nitrogens with zero attached hydrogens (tertiary/aromatic N) is 2. The van der Waals surface area contributed by atoms with Gasteiger partial charge in [-0.25, -0.2) is 0 Å². The Morgan fingerprint density at radius 1 is 1.39 bits per heavy atom. The minimum Gasteiger partial charge on any atom is -0.345 e. The lowest BCUT2D eigenvalue weighted by Gasteiger charge is -2.13. The molecule has 18 heavy (non-hydrogen) atoms. The van der Waals surface area contributed by atoms with Gasteiger partial charge in [0, 0.05) is 24.4 Å². The lowest BCUT2D eigenvalue weighted by molar-refractivity contribution is 0.0939. The smallest absolute Gasteiger partial charge is 0.252 e. The molecule has 0 saturated heterocycles. The van der Waals surface area contributed by atoms with Crippen LogP contribution in [0.4, 0.5) is 0 Å². The molecule has 0 fully saturated rings. The van der Waals surface area contributed by atoms with E-state index in [0.29, 0.717) is 5.56 Å². The lowest BCUT2D eigenvalue weighted by atomic mass is 10.1. The van der Waals surface area contributed by atoms with Crippen LogP contribution < -0.4 is 5.32 Å². The van der Waals surface area contributed by atoms with Crippen LogP contribution in [0.1, 0.15) is 34.5 Å². The van der Waals surface area contributed by atoms with Crippen molar-refractivity contribution in [1.29, 1.82) is 0 Å². The molecule has 0 radical (unpaired) electrons. The number of hydrogen-bond donors (Lipinski definition) is 1. The molecule has 2 rings (SSSR count). The maximum Gasteiger partial charge on any atom is 0.252 e. The van der Waals surface area contributed by atoms with E-state index >= 15 is 0 Å². The highest BCUT2D eigenvalue weighted by molar-refractivity contribution is 5.95. The van der Waals surface area contributed by atoms with Crippen LogP contribution in [0.3, 0.4) is 0 Å². The van der Waals surface area contributed by atoms with Crippen LogP contribution in [-0.2, 0) is 7.05 Å². The molecular formula is C14H17N3O. The van der Waals surface area contributed by atoms with E-state index in [1.807, 2.05) is 51.4 Å². The summed E-state index contributed by atoms with van der Waals surface area (Å²) in [6.07, 6.45) is 3.67. The molecular weight excluding hydrogens is 226 g/mol. The highest BCUT2D eigenvalue weighted by Crippen LogP contribution is 2.13. The van der Waals surface area contributed by atoms with Crippen LogP contribution in [0.2, 0.25) is 0 Å². The maximum atomic E-state index is 12.1. The predicted molar refractivity (Wildman–Crippen MR) is 70.3 cm³/mol. The highest BCUT2D eigenvalue weighted by Gasteiger charge is 2.13. The number of carbonyl (C=O) groups is 1. The van der Waals surface area contributed by atoms with E-state index in [0.717, 1.165) is 11.1 Å². The van der Waals surface area contributed by atoms with Crippen LogP contribution in [0.25, 0.3) is 0 Å². The van der Waals surface area contributed by atoms with E-state index in [9.17, 15) is 4.79 Å². The monoisotopic (exact) mass is 243 g/mol. The van der Waals surface area contributed by atoms with E-state index in [1.54, 1.807) is 10.9 Å². The van der Waals surface area contributed by atoms with Crippen LogP contribution >= 0.6 is 0 Å². The predicted octanol–water partition coefficient (Wildman–Crippen LogP) is 2.22. The quantitative estimate of drug-likeness (QED) is 0.898. The van der Waals surface area contributed by atoms with Gasteiger partial charge >= 0.3 is 0 Å². The fourth-order valence-corrected chi connectivity index (χ4v) is 1.85. The van der Waals surface area contributed by atoms with Gasteiger partial charge in [-0.1, -0.05) is 18.2 Å². The van der Waals surface area contributed by atoms with Gasteiger partial charge in [-0.3, -0.25) is 9.48 Å². The van der Waals surface area contributed by atoms with E-state index in [1.165, 1.54) is 0 Å². The molecule has 94 valence electrons. The third kappa shape index (κ3) is 2.59. The van der Waals surface area contributed by atoms with Crippen molar-refractivity contribution in [2.45, 2.75) is 19.9 Å². The molecule has 0 saturated carbocycles. The summed E-state index contributed by atoms with van der Waals surface area (Å²) in [5.74, 6) is -0.0514. The number of benzene rings is 1. The summed E-state index contributed by atoms with van der Waals surface area (Å²) in [5, 5.41) is 7.07. The first-order valence-corrected chi connectivity index (χ1v) is 5.93. The summed E-state index contributed by atoms with van der Waals surface area (Å²) in [6, 6.07) is 7.52. The van der Waals surface area contributed by atoms with Gasteiger partial charge in [0.1, 0.15) is 0 Å². The lowest BCUT2D eigenvalue weighted by Crippen LogP contribution is -2.27. The van der Waals surface area contributed by atoms with Crippen molar-refractivity contribution in [2.24, 2.45) is 7.05 Å². The standard InChI is InChI=1S/C14H17N3O/c1-10-6-4-5-7-13(10)14(18)16-11(2)12-8-15-17(3)9-12/h4-9,11H,1-3H3,(H,16,18)/t11-/m0/s1. The van der Waals surface area contributed by atoms with Gasteiger partial charge < -0.3 is 5.32 Å². The Morgan fingerprint density at radius 3 is 2.72 bits per heavy atom. The zero-order valence-corrected chi connectivity index (χ0v) is 10.8. The molecule has 0 spiro atoms. The molecule has 0 aliphatic carbocycles. The van der Waals surface area contributed by atoms with E-state index in [2.05, 4.69) is 10.4 Å². The van der Waals surface area contributed by atoms with Crippen LogP contribution in [0.5, 0.6) is 0 Å². The third-order valence-electron chi connectivity index (χ3n) is 2.96. The van der Waals surface area contributed by atoms with Gasteiger partial charge in [0.15, 0.2) is 0 Å². The molecule has 1 heterocycles. The first-order chi connectivity index (χ1) is 8.58. The summed E-state index contributed by atoms with van der Waals surface area (Å²) < 4.78 is 1.73. The van der Waals surface area contributed by atoms with Crippen molar-refractivity contribution in [2.75, 3.05) is 0 Å². The first-order valence-electron chi connectivity index (χ1n) is 5.93. The molecule has 4 heteroatoms. The van der Waals surface area contributed by atoms with Crippen LogP contribution in [0.15, 0.2) is 36.7 Å². The second kappa shape index (κ2) is 5.04. The molecule has 0 bridgehead atoms. The van der Waals surface area contributed by atoms with Gasteiger partial charge in [0.2, 0.25) is 0 Å². The fourth-order valence-electron chi connectivity index (χ4n) is 1.85. The number of rotatable bonds is 3. The summed E-state index contributed by atoms with van der Waals surface area (Å²) in [4.78, 5) is 12.1. The number of nitrogens with one attached hydrogen (secondary N) is 1. The topological polar surface area (TPSA) is 46.9 Å². The molecule has 1 aromatic heterocycles. The first kappa shape index (κ1) is 12.4. The van der Waals surface area contributed by atoms with Crippen molar-refractivity contribution < 1.29 is 4.79 Å². The third-order valence-corrected chi connectivity index (χ3v) is 2.96. The summed E-state index contributed by atoms with van der Waals surface area (Å²) in [7, 11) is 1.86. The average Bonchev–Trinajstić information content (AvgIpc) is 2.76. The minimum atomic E-state index is -0.0514. The Balaban J connectivity index is 2.10. The van der Waals surface area contributed by atoms with Crippen LogP contribution in [0, 0.1) is 6.92 Å². The van der Waals surface area contributed by atoms with Crippen molar-refractivity contribution >= 4 is 5.91 Å². The van der Waals surface area contributed by atoms with Gasteiger partial charge in [0.25, 0.3) is 5.91 Å². The maximum absolute atomic E-state index is 12.1. The molecule has 4 nitrogen and oxygen atoms in total. The number of aryl methyl sites for hydroxylation is 2. The number of aromatic nitrogens is 2. The van der Waals surface area contributed by atoms with Crippen molar-refractivity contribution in [1.82, 2.24) is 15.1 Å². The minimum absolute atomic E-state index is 0.0502. The van der Waals surface area contributed by atoms with Gasteiger partial charge in [0.05, 0.1) is 12.2 Å². The average molecular weight is 243 g/mol. The van der Waals surface area contributed by atoms with Crippen LogP contribution in [-0.4, -0.2) is 15.7 Å². The Hall–Kier alpha value is -2.10. The molecule has 1 amide bonds. The second-order valence-corrected chi connectivity index (χ2v) is 4.46. The Morgan fingerprint density at radius 2 is 2.11 bits per heavy atom. The fraction of sp³-hybridized carbons (Fsp3) is 0.286. The number of hydrogen-bond acceptors (Lipinski definition) is 2. The summed E-state index contributed by atoms with van der Waals surface area (Å²) in [6.45, 7) is 3.89. The van der Waals surface area contributed by atoms with Gasteiger partial charge in [-0.15, -0.1) is 0 Å². The number of carbonyl (C=O) groups excluding carboxylic acids is 1. The molecule has 0 unspecified atom stereocenters. The summed E-state index contributed by atoms with van der Waals surface area (Å²) in [5.41, 5.74) is 2.70. The van der Waals surface area contributed by atoms with Gasteiger partial charge in [-0.2, -0.15) is 5.10 Å². The molecule has 0 aliphatic rings. The van der Waals surface area contributed by atoms with Crippen molar-refractivity contribution in [3.8, 4) is 0 Å². The number of amides is 1. The zero-order valence-electron chi connectivity index (χ0n) is 10.8. The van der Waals surface area contributed by atoms with Crippen molar-refractivity contribution in [3.63, 3.8) is 0 Å². The normalized spacial score (nSPS) is 12.2. The molecule has 1 atom stereocenters. The highest BCUT2D eigenvalue weighted by atomic mass is 16.1. The molecule has 2 aromatic rings. The van der Waals surface area contributed by atoms with Crippen molar-refractivity contribution in [3.05, 3.63) is 53.3 Å². The Labute approximate surface area is 107 Å². The Kier molecular flexibility index (Phi) is 3.46. The molecule has 0 aliphatic heterocycles. The molecule has 1 aromatic carbocycles. The van der Waals surface area contributed by atoms with E-state index in [4.69, 9.17) is 0 Å². The Bertz CT molecular complexity index is 560. The van der Waals surface area contributed by atoms with Gasteiger partial charge in [-0.05, 0) is 25.5 Å². The zero-order chi connectivity index (χ0) is 13.1. The second-order valence-electron chi connectivity index (χ2n) is 4.46. The largest absolute Gasteiger partial charge is 0.345 e. The SMILES string of the molecule is Cc1ccccc1C(=O)N[C@@H](C)c1cnn(C)c1. The molecule has 1 N–H and O–H groups in total. The summed E-state index contributed by atoms with van der Waals surface area (Å²) >= 11 is 0.